The van der Waals surface area contributed by atoms with E-state index in [1.54, 1.807) is 11.8 Å². The zero-order chi connectivity index (χ0) is 14.6. The SMILES string of the molecule is CCN(C(=O)CSC(C)C(=O)O)C1CCS(=O)(=O)C1. The van der Waals surface area contributed by atoms with Crippen LogP contribution in [0.4, 0.5) is 0 Å². The molecule has 0 spiro atoms. The third-order valence-electron chi connectivity index (χ3n) is 3.11. The van der Waals surface area contributed by atoms with E-state index in [1.165, 1.54) is 6.92 Å². The summed E-state index contributed by atoms with van der Waals surface area (Å²) in [7, 11) is -3.02. The van der Waals surface area contributed by atoms with Crippen molar-refractivity contribution in [3.63, 3.8) is 0 Å². The van der Waals surface area contributed by atoms with Crippen molar-refractivity contribution in [3.8, 4) is 0 Å². The lowest BCUT2D eigenvalue weighted by atomic mass is 10.2. The minimum atomic E-state index is -3.02. The fourth-order valence-electron chi connectivity index (χ4n) is 2.01. The highest BCUT2D eigenvalue weighted by atomic mass is 32.2. The Morgan fingerprint density at radius 3 is 2.53 bits per heavy atom. The third-order valence-corrected chi connectivity index (χ3v) is 5.98. The largest absolute Gasteiger partial charge is 0.480 e. The molecule has 1 amide bonds. The molecule has 1 N–H and O–H groups in total. The van der Waals surface area contributed by atoms with Crippen LogP contribution in [0.5, 0.6) is 0 Å². The number of carboxylic acid groups (broad SMARTS) is 1. The normalized spacial score (nSPS) is 22.9. The van der Waals surface area contributed by atoms with E-state index in [-0.39, 0.29) is 29.2 Å². The number of aliphatic carboxylic acids is 1. The molecule has 0 aromatic heterocycles. The van der Waals surface area contributed by atoms with Gasteiger partial charge in [0.25, 0.3) is 0 Å². The summed E-state index contributed by atoms with van der Waals surface area (Å²) in [6.07, 6.45) is 0.473. The summed E-state index contributed by atoms with van der Waals surface area (Å²) in [5.41, 5.74) is 0. The van der Waals surface area contributed by atoms with Gasteiger partial charge in [0, 0.05) is 12.6 Å². The van der Waals surface area contributed by atoms with E-state index >= 15 is 0 Å². The van der Waals surface area contributed by atoms with Crippen LogP contribution in [0, 0.1) is 0 Å². The highest BCUT2D eigenvalue weighted by molar-refractivity contribution is 8.01. The maximum absolute atomic E-state index is 12.0. The maximum Gasteiger partial charge on any atom is 0.316 e. The van der Waals surface area contributed by atoms with E-state index in [0.29, 0.717) is 13.0 Å². The van der Waals surface area contributed by atoms with E-state index in [0.717, 1.165) is 11.8 Å². The topological polar surface area (TPSA) is 91.8 Å². The van der Waals surface area contributed by atoms with Crippen molar-refractivity contribution in [2.75, 3.05) is 23.8 Å². The molecule has 0 bridgehead atoms. The van der Waals surface area contributed by atoms with Crippen LogP contribution in [0.25, 0.3) is 0 Å². The molecule has 6 nitrogen and oxygen atoms in total. The molecule has 1 rings (SSSR count). The van der Waals surface area contributed by atoms with Gasteiger partial charge in [-0.25, -0.2) is 8.42 Å². The molecule has 1 saturated heterocycles. The number of carbonyl (C=O) groups excluding carboxylic acids is 1. The average Bonchev–Trinajstić information content (AvgIpc) is 2.67. The van der Waals surface area contributed by atoms with E-state index in [2.05, 4.69) is 0 Å². The van der Waals surface area contributed by atoms with Crippen molar-refractivity contribution < 1.29 is 23.1 Å². The quantitative estimate of drug-likeness (QED) is 0.755. The van der Waals surface area contributed by atoms with Gasteiger partial charge >= 0.3 is 5.97 Å². The highest BCUT2D eigenvalue weighted by Gasteiger charge is 2.33. The lowest BCUT2D eigenvalue weighted by Crippen LogP contribution is -2.42. The second-order valence-electron chi connectivity index (χ2n) is 4.53. The van der Waals surface area contributed by atoms with Crippen LogP contribution >= 0.6 is 11.8 Å². The van der Waals surface area contributed by atoms with Crippen LogP contribution in [0.15, 0.2) is 0 Å². The van der Waals surface area contributed by atoms with Gasteiger partial charge in [0.1, 0.15) is 0 Å². The molecule has 0 saturated carbocycles. The second-order valence-corrected chi connectivity index (χ2v) is 8.09. The fourth-order valence-corrected chi connectivity index (χ4v) is 4.44. The van der Waals surface area contributed by atoms with Crippen molar-refractivity contribution in [2.24, 2.45) is 0 Å². The number of amides is 1. The first-order valence-electron chi connectivity index (χ1n) is 6.11. The molecule has 1 fully saturated rings. The Balaban J connectivity index is 2.56. The van der Waals surface area contributed by atoms with Crippen molar-refractivity contribution in [3.05, 3.63) is 0 Å². The first kappa shape index (κ1) is 16.3. The molecule has 1 aliphatic heterocycles. The Hall–Kier alpha value is -0.760. The molecule has 1 aliphatic rings. The van der Waals surface area contributed by atoms with Crippen LogP contribution in [-0.2, 0) is 19.4 Å². The van der Waals surface area contributed by atoms with Crippen molar-refractivity contribution in [1.82, 2.24) is 4.90 Å². The molecule has 0 aromatic carbocycles. The minimum absolute atomic E-state index is 0.0196. The summed E-state index contributed by atoms with van der Waals surface area (Å²) < 4.78 is 22.8. The van der Waals surface area contributed by atoms with Gasteiger partial charge in [-0.3, -0.25) is 9.59 Å². The van der Waals surface area contributed by atoms with E-state index < -0.39 is 21.1 Å². The number of rotatable bonds is 6. The molecule has 0 aromatic rings. The number of thioether (sulfide) groups is 1. The van der Waals surface area contributed by atoms with E-state index in [4.69, 9.17) is 5.11 Å². The fraction of sp³-hybridized carbons (Fsp3) is 0.818. The molecular formula is C11H19NO5S2. The molecule has 2 unspecified atom stereocenters. The van der Waals surface area contributed by atoms with Gasteiger partial charge in [-0.1, -0.05) is 0 Å². The summed E-state index contributed by atoms with van der Waals surface area (Å²) in [5.74, 6) is -0.934. The maximum atomic E-state index is 12.0. The van der Waals surface area contributed by atoms with Crippen LogP contribution in [0.2, 0.25) is 0 Å². The van der Waals surface area contributed by atoms with Gasteiger partial charge in [-0.2, -0.15) is 0 Å². The van der Waals surface area contributed by atoms with Gasteiger partial charge in [-0.05, 0) is 20.3 Å². The van der Waals surface area contributed by atoms with Gasteiger partial charge in [-0.15, -0.1) is 11.8 Å². The number of sulfone groups is 1. The molecule has 0 radical (unpaired) electrons. The highest BCUT2D eigenvalue weighted by Crippen LogP contribution is 2.19. The monoisotopic (exact) mass is 309 g/mol. The third kappa shape index (κ3) is 4.68. The Kier molecular flexibility index (Phi) is 5.66. The zero-order valence-corrected chi connectivity index (χ0v) is 12.7. The van der Waals surface area contributed by atoms with Crippen LogP contribution in [0.3, 0.4) is 0 Å². The summed E-state index contributed by atoms with van der Waals surface area (Å²) in [5, 5.41) is 8.10. The Morgan fingerprint density at radius 2 is 2.11 bits per heavy atom. The summed E-state index contributed by atoms with van der Waals surface area (Å²) in [6.45, 7) is 3.77. The van der Waals surface area contributed by atoms with Crippen molar-refractivity contribution in [1.29, 1.82) is 0 Å². The van der Waals surface area contributed by atoms with E-state index in [9.17, 15) is 18.0 Å². The molecule has 19 heavy (non-hydrogen) atoms. The Bertz CT molecular complexity index is 448. The Morgan fingerprint density at radius 1 is 1.47 bits per heavy atom. The standard InChI is InChI=1S/C11H19NO5S2/c1-3-12(9-4-5-19(16,17)7-9)10(13)6-18-8(2)11(14)15/h8-9H,3-7H2,1-2H3,(H,14,15). The second kappa shape index (κ2) is 6.60. The molecule has 8 heteroatoms. The summed E-state index contributed by atoms with van der Waals surface area (Å²) in [6, 6.07) is -0.261. The van der Waals surface area contributed by atoms with Gasteiger partial charge < -0.3 is 10.0 Å². The molecule has 110 valence electrons. The lowest BCUT2D eigenvalue weighted by Gasteiger charge is -2.27. The minimum Gasteiger partial charge on any atom is -0.480 e. The molecule has 1 heterocycles. The number of hydrogen-bond donors (Lipinski definition) is 1. The van der Waals surface area contributed by atoms with Crippen molar-refractivity contribution in [2.45, 2.75) is 31.6 Å². The first-order valence-corrected chi connectivity index (χ1v) is 8.98. The van der Waals surface area contributed by atoms with E-state index in [1.807, 2.05) is 0 Å². The van der Waals surface area contributed by atoms with Crippen LogP contribution < -0.4 is 0 Å². The molecule has 0 aliphatic carbocycles. The summed E-state index contributed by atoms with van der Waals surface area (Å²) in [4.78, 5) is 24.2. The average molecular weight is 309 g/mol. The number of carboxylic acids is 1. The number of nitrogens with zero attached hydrogens (tertiary/aromatic N) is 1. The summed E-state index contributed by atoms with van der Waals surface area (Å²) >= 11 is 1.05. The van der Waals surface area contributed by atoms with Crippen LogP contribution in [0.1, 0.15) is 20.3 Å². The smallest absolute Gasteiger partial charge is 0.316 e. The molecule has 2 atom stereocenters. The zero-order valence-electron chi connectivity index (χ0n) is 11.0. The van der Waals surface area contributed by atoms with Gasteiger partial charge in [0.15, 0.2) is 9.84 Å². The predicted octanol–water partition coefficient (Wildman–Crippen LogP) is 0.228. The number of hydrogen-bond acceptors (Lipinski definition) is 5. The van der Waals surface area contributed by atoms with Crippen LogP contribution in [-0.4, -0.2) is 65.4 Å². The van der Waals surface area contributed by atoms with Crippen molar-refractivity contribution >= 4 is 33.5 Å². The first-order chi connectivity index (χ1) is 8.76. The van der Waals surface area contributed by atoms with Gasteiger partial charge in [0.05, 0.1) is 22.5 Å². The van der Waals surface area contributed by atoms with Gasteiger partial charge in [0.2, 0.25) is 5.91 Å². The number of carbonyl (C=O) groups is 2. The predicted molar refractivity (Wildman–Crippen MR) is 74.0 cm³/mol. The lowest BCUT2D eigenvalue weighted by molar-refractivity contribution is -0.136. The molecular weight excluding hydrogens is 290 g/mol. The Labute approximate surface area is 117 Å².